The van der Waals surface area contributed by atoms with Crippen LogP contribution in [0.3, 0.4) is 0 Å². The molecule has 1 N–H and O–H groups in total. The number of morpholine rings is 2. The molecule has 38 heavy (non-hydrogen) atoms. The second-order valence-corrected chi connectivity index (χ2v) is 12.2. The summed E-state index contributed by atoms with van der Waals surface area (Å²) in [6.07, 6.45) is 2.00. The molecule has 10 nitrogen and oxygen atoms in total. The number of amides is 3. The molecule has 1 aromatic rings. The van der Waals surface area contributed by atoms with Gasteiger partial charge in [-0.15, -0.1) is 0 Å². The first-order valence-electron chi connectivity index (χ1n) is 13.8. The summed E-state index contributed by atoms with van der Waals surface area (Å²) in [7, 11) is -0.560. The van der Waals surface area contributed by atoms with Gasteiger partial charge in [-0.2, -0.15) is 0 Å². The zero-order chi connectivity index (χ0) is 26.8. The Balaban J connectivity index is 1.34. The van der Waals surface area contributed by atoms with Crippen molar-refractivity contribution in [1.82, 2.24) is 14.7 Å². The lowest BCUT2D eigenvalue weighted by Gasteiger charge is -2.40. The molecule has 11 heteroatoms. The number of fused-ring (bicyclic) bond motifs is 3. The number of carbonyl (C=O) groups excluding carboxylic acids is 1. The average molecular weight is 527 g/mol. The predicted molar refractivity (Wildman–Crippen MR) is 139 cm³/mol. The molecule has 206 valence electrons. The molecule has 4 saturated heterocycles. The predicted octanol–water partition coefficient (Wildman–Crippen LogP) is 2.38. The Labute approximate surface area is 224 Å². The van der Waals surface area contributed by atoms with Gasteiger partial charge in [-0.3, -0.25) is 4.90 Å². The maximum atomic E-state index is 13.6. The Morgan fingerprint density at radius 1 is 1.00 bits per heavy atom. The number of hydrogen-bond acceptors (Lipinski definition) is 6. The Kier molecular flexibility index (Phi) is 6.41. The Morgan fingerprint density at radius 2 is 1.68 bits per heavy atom. The number of rotatable bonds is 2. The van der Waals surface area contributed by atoms with Crippen LogP contribution in [-0.2, 0) is 31.7 Å². The first kappa shape index (κ1) is 25.9. The number of nitrogens with zero attached hydrogens (tertiary/aromatic N) is 3. The van der Waals surface area contributed by atoms with Gasteiger partial charge in [0.05, 0.1) is 42.7 Å². The molecule has 0 radical (unpaired) electrons. The number of carbonyl (C=O) groups is 2. The van der Waals surface area contributed by atoms with Crippen LogP contribution >= 0.6 is 0 Å². The fourth-order valence-electron chi connectivity index (χ4n) is 6.36. The van der Waals surface area contributed by atoms with Crippen molar-refractivity contribution in [2.45, 2.75) is 83.0 Å². The van der Waals surface area contributed by atoms with Crippen LogP contribution in [0.1, 0.15) is 63.3 Å². The van der Waals surface area contributed by atoms with Crippen molar-refractivity contribution in [3.63, 3.8) is 0 Å². The van der Waals surface area contributed by atoms with Crippen molar-refractivity contribution in [3.05, 3.63) is 28.8 Å². The van der Waals surface area contributed by atoms with E-state index in [1.807, 2.05) is 43.6 Å². The standard InChI is InChI=1S/C27H38BN3O7/c1-26(2)27(3,4)38-28(37-26)18-11-17-7-8-29(24(32)30-13-19-5-6-20(14-30)36-19)15-22(17)21(12-18)23-16-35-10-9-31(23)25(33)34/h11-12,19-20,23H,5-10,13-16H2,1-4H3,(H,33,34)/t19?,20?,23-/m0/s1. The summed E-state index contributed by atoms with van der Waals surface area (Å²) < 4.78 is 24.4. The number of hydrogen-bond donors (Lipinski definition) is 1. The van der Waals surface area contributed by atoms with Gasteiger partial charge in [-0.25, -0.2) is 9.59 Å². The molecule has 3 atom stereocenters. The zero-order valence-electron chi connectivity index (χ0n) is 22.8. The van der Waals surface area contributed by atoms with Crippen molar-refractivity contribution in [1.29, 1.82) is 0 Å². The second-order valence-electron chi connectivity index (χ2n) is 12.2. The summed E-state index contributed by atoms with van der Waals surface area (Å²) in [5.41, 5.74) is 2.87. The van der Waals surface area contributed by atoms with E-state index in [4.69, 9.17) is 18.8 Å². The molecule has 5 aliphatic rings. The first-order valence-corrected chi connectivity index (χ1v) is 13.8. The van der Waals surface area contributed by atoms with Crippen LogP contribution in [0.5, 0.6) is 0 Å². The molecule has 5 aliphatic heterocycles. The van der Waals surface area contributed by atoms with E-state index in [9.17, 15) is 14.7 Å². The fraction of sp³-hybridized carbons (Fsp3) is 0.704. The maximum Gasteiger partial charge on any atom is 0.494 e. The van der Waals surface area contributed by atoms with Crippen LogP contribution < -0.4 is 5.46 Å². The summed E-state index contributed by atoms with van der Waals surface area (Å²) >= 11 is 0. The molecular weight excluding hydrogens is 489 g/mol. The monoisotopic (exact) mass is 527 g/mol. The van der Waals surface area contributed by atoms with Gasteiger partial charge in [-0.1, -0.05) is 12.1 Å². The number of ether oxygens (including phenoxy) is 2. The normalized spacial score (nSPS) is 29.9. The summed E-state index contributed by atoms with van der Waals surface area (Å²) in [5, 5.41) is 10.00. The van der Waals surface area contributed by atoms with E-state index in [1.54, 1.807) is 0 Å². The molecule has 3 amide bonds. The molecule has 2 bridgehead atoms. The zero-order valence-corrected chi connectivity index (χ0v) is 22.8. The summed E-state index contributed by atoms with van der Waals surface area (Å²) in [6, 6.07) is 3.70. The number of carboxylic acid groups (broad SMARTS) is 1. The van der Waals surface area contributed by atoms with E-state index in [0.29, 0.717) is 45.8 Å². The summed E-state index contributed by atoms with van der Waals surface area (Å²) in [4.78, 5) is 31.1. The molecule has 0 spiro atoms. The van der Waals surface area contributed by atoms with Crippen LogP contribution in [0.15, 0.2) is 12.1 Å². The highest BCUT2D eigenvalue weighted by atomic mass is 16.7. The highest BCUT2D eigenvalue weighted by Crippen LogP contribution is 2.38. The second kappa shape index (κ2) is 9.40. The van der Waals surface area contributed by atoms with Gasteiger partial charge in [0, 0.05) is 32.7 Å². The lowest BCUT2D eigenvalue weighted by atomic mass is 9.74. The molecular formula is C27H38BN3O7. The third kappa shape index (κ3) is 4.47. The molecule has 6 rings (SSSR count). The number of urea groups is 1. The van der Waals surface area contributed by atoms with Crippen molar-refractivity contribution in [3.8, 4) is 0 Å². The highest BCUT2D eigenvalue weighted by molar-refractivity contribution is 6.62. The summed E-state index contributed by atoms with van der Waals surface area (Å²) in [5.74, 6) is 0. The molecule has 0 aliphatic carbocycles. The minimum Gasteiger partial charge on any atom is -0.465 e. The van der Waals surface area contributed by atoms with Gasteiger partial charge >= 0.3 is 19.2 Å². The molecule has 0 saturated carbocycles. The van der Waals surface area contributed by atoms with Gasteiger partial charge in [0.2, 0.25) is 0 Å². The van der Waals surface area contributed by atoms with E-state index >= 15 is 0 Å². The maximum absolute atomic E-state index is 13.6. The van der Waals surface area contributed by atoms with Crippen molar-refractivity contribution >= 4 is 24.7 Å². The minimum atomic E-state index is -0.972. The lowest BCUT2D eigenvalue weighted by Crippen LogP contribution is -2.52. The van der Waals surface area contributed by atoms with Crippen LogP contribution in [0.2, 0.25) is 0 Å². The van der Waals surface area contributed by atoms with E-state index in [-0.39, 0.29) is 24.8 Å². The largest absolute Gasteiger partial charge is 0.494 e. The minimum absolute atomic E-state index is 0.0341. The fourth-order valence-corrected chi connectivity index (χ4v) is 6.36. The topological polar surface area (TPSA) is 101 Å². The molecule has 1 aromatic carbocycles. The third-order valence-electron chi connectivity index (χ3n) is 9.24. The van der Waals surface area contributed by atoms with Gasteiger partial charge in [0.25, 0.3) is 0 Å². The molecule has 2 unspecified atom stereocenters. The molecule has 4 fully saturated rings. The number of benzene rings is 1. The van der Waals surface area contributed by atoms with E-state index in [2.05, 4.69) is 6.07 Å². The number of likely N-dealkylation sites (tertiary alicyclic amines) is 1. The Bertz CT molecular complexity index is 1100. The van der Waals surface area contributed by atoms with Gasteiger partial charge in [0.15, 0.2) is 0 Å². The summed E-state index contributed by atoms with van der Waals surface area (Å²) in [6.45, 7) is 11.3. The van der Waals surface area contributed by atoms with Crippen LogP contribution in [-0.4, -0.2) is 102 Å². The van der Waals surface area contributed by atoms with Crippen molar-refractivity contribution in [2.75, 3.05) is 39.4 Å². The molecule has 0 aromatic heterocycles. The van der Waals surface area contributed by atoms with Crippen molar-refractivity contribution in [2.24, 2.45) is 0 Å². The van der Waals surface area contributed by atoms with Gasteiger partial charge in [0.1, 0.15) is 0 Å². The first-order chi connectivity index (χ1) is 18.0. The lowest BCUT2D eigenvalue weighted by molar-refractivity contribution is -0.0291. The Hall–Kier alpha value is -2.34. The average Bonchev–Trinajstić information content (AvgIpc) is 3.34. The SMILES string of the molecule is CC1(C)OB(c2cc3c(c([C@@H]4COCCN4C(=O)O)c2)CN(C(=O)N2CC4CCC(C2)O4)CC3)OC1(C)C. The van der Waals surface area contributed by atoms with Gasteiger partial charge < -0.3 is 33.7 Å². The smallest absolute Gasteiger partial charge is 0.465 e. The third-order valence-corrected chi connectivity index (χ3v) is 9.24. The van der Waals surface area contributed by atoms with Crippen LogP contribution in [0, 0.1) is 0 Å². The van der Waals surface area contributed by atoms with Crippen LogP contribution in [0.25, 0.3) is 0 Å². The Morgan fingerprint density at radius 3 is 2.34 bits per heavy atom. The van der Waals surface area contributed by atoms with Gasteiger partial charge in [-0.05, 0) is 69.1 Å². The van der Waals surface area contributed by atoms with E-state index < -0.39 is 30.5 Å². The van der Waals surface area contributed by atoms with Crippen molar-refractivity contribution < 1.29 is 33.5 Å². The molecule has 5 heterocycles. The van der Waals surface area contributed by atoms with Crippen LogP contribution in [0.4, 0.5) is 9.59 Å². The quantitative estimate of drug-likeness (QED) is 0.590. The highest BCUT2D eigenvalue weighted by Gasteiger charge is 2.52. The van der Waals surface area contributed by atoms with E-state index in [0.717, 1.165) is 35.0 Å². The van der Waals surface area contributed by atoms with E-state index in [1.165, 1.54) is 4.90 Å².